The van der Waals surface area contributed by atoms with Crippen LogP contribution in [0.4, 0.5) is 5.13 Å². The lowest BCUT2D eigenvalue weighted by Gasteiger charge is -2.10. The normalized spacial score (nSPS) is 11.9. The van der Waals surface area contributed by atoms with Gasteiger partial charge in [0.2, 0.25) is 11.0 Å². The molecule has 5 nitrogen and oxygen atoms in total. The maximum atomic E-state index is 12.3. The molecule has 0 saturated heterocycles. The summed E-state index contributed by atoms with van der Waals surface area (Å²) in [7, 11) is 0. The second kappa shape index (κ2) is 9.87. The molecule has 142 valence electrons. The van der Waals surface area contributed by atoms with Crippen molar-refractivity contribution in [3.05, 3.63) is 57.8 Å². The highest BCUT2D eigenvalue weighted by Gasteiger charge is 2.17. The van der Waals surface area contributed by atoms with Crippen molar-refractivity contribution in [1.82, 2.24) is 15.5 Å². The summed E-state index contributed by atoms with van der Waals surface area (Å²) in [6, 6.07) is 12.4. The molecular formula is C19H22N4OS3. The number of rotatable bonds is 9. The second-order valence-electron chi connectivity index (χ2n) is 6.09. The van der Waals surface area contributed by atoms with Crippen LogP contribution in [0.1, 0.15) is 22.9 Å². The van der Waals surface area contributed by atoms with E-state index in [9.17, 15) is 4.79 Å². The molecule has 0 aliphatic heterocycles. The van der Waals surface area contributed by atoms with E-state index in [0.29, 0.717) is 6.54 Å². The van der Waals surface area contributed by atoms with Gasteiger partial charge >= 0.3 is 0 Å². The van der Waals surface area contributed by atoms with Crippen molar-refractivity contribution in [1.29, 1.82) is 0 Å². The Morgan fingerprint density at radius 2 is 2.04 bits per heavy atom. The lowest BCUT2D eigenvalue weighted by Crippen LogP contribution is -2.30. The first-order valence-corrected chi connectivity index (χ1v) is 11.3. The molecule has 0 aliphatic carbocycles. The quantitative estimate of drug-likeness (QED) is 0.506. The number of anilines is 1. The van der Waals surface area contributed by atoms with Crippen LogP contribution in [0.15, 0.2) is 46.1 Å². The van der Waals surface area contributed by atoms with Crippen molar-refractivity contribution < 1.29 is 4.79 Å². The van der Waals surface area contributed by atoms with Crippen molar-refractivity contribution in [3.8, 4) is 0 Å². The van der Waals surface area contributed by atoms with Crippen LogP contribution < -0.4 is 10.6 Å². The van der Waals surface area contributed by atoms with Gasteiger partial charge in [0, 0.05) is 18.0 Å². The number of thiophene rings is 1. The molecule has 1 unspecified atom stereocenters. The Morgan fingerprint density at radius 3 is 2.78 bits per heavy atom. The summed E-state index contributed by atoms with van der Waals surface area (Å²) in [5, 5.41) is 17.3. The fourth-order valence-electron chi connectivity index (χ4n) is 2.32. The van der Waals surface area contributed by atoms with Gasteiger partial charge in [-0.25, -0.2) is 0 Å². The third-order valence-corrected chi connectivity index (χ3v) is 6.87. The topological polar surface area (TPSA) is 66.9 Å². The number of hydrogen-bond acceptors (Lipinski definition) is 7. The van der Waals surface area contributed by atoms with Gasteiger partial charge in [-0.15, -0.1) is 21.5 Å². The Kier molecular flexibility index (Phi) is 7.25. The van der Waals surface area contributed by atoms with Gasteiger partial charge in [0.25, 0.3) is 0 Å². The van der Waals surface area contributed by atoms with Crippen molar-refractivity contribution in [3.63, 3.8) is 0 Å². The molecule has 0 radical (unpaired) electrons. The smallest absolute Gasteiger partial charge is 0.233 e. The van der Waals surface area contributed by atoms with E-state index in [1.807, 2.05) is 31.2 Å². The van der Waals surface area contributed by atoms with E-state index in [-0.39, 0.29) is 11.2 Å². The Morgan fingerprint density at radius 1 is 1.22 bits per heavy atom. The van der Waals surface area contributed by atoms with E-state index < -0.39 is 0 Å². The Labute approximate surface area is 171 Å². The van der Waals surface area contributed by atoms with E-state index in [4.69, 9.17) is 0 Å². The minimum atomic E-state index is -0.220. The van der Waals surface area contributed by atoms with Crippen molar-refractivity contribution >= 4 is 45.5 Å². The molecule has 3 rings (SSSR count). The fraction of sp³-hybridized carbons (Fsp3) is 0.316. The number of carbonyl (C=O) groups is 1. The maximum Gasteiger partial charge on any atom is 0.233 e. The fourth-order valence-corrected chi connectivity index (χ4v) is 4.97. The summed E-state index contributed by atoms with van der Waals surface area (Å²) in [5.74, 6) is 0.00276. The molecule has 1 amide bonds. The standard InChI is InChI=1S/C19H22N4OS3/c1-13-5-7-15(8-6-13)12-21-17(24)14(2)26-19-23-22-18(27-19)20-10-9-16-4-3-11-25-16/h3-8,11,14H,9-10,12H2,1-2H3,(H,20,22)(H,21,24). The monoisotopic (exact) mass is 418 g/mol. The molecular weight excluding hydrogens is 396 g/mol. The first-order chi connectivity index (χ1) is 13.1. The summed E-state index contributed by atoms with van der Waals surface area (Å²) < 4.78 is 0.798. The van der Waals surface area contributed by atoms with Gasteiger partial charge in [0.15, 0.2) is 4.34 Å². The number of nitrogens with zero attached hydrogens (tertiary/aromatic N) is 2. The van der Waals surface area contributed by atoms with Gasteiger partial charge < -0.3 is 10.6 Å². The first-order valence-electron chi connectivity index (χ1n) is 8.70. The van der Waals surface area contributed by atoms with Gasteiger partial charge in [-0.3, -0.25) is 4.79 Å². The predicted octanol–water partition coefficient (Wildman–Crippen LogP) is 4.36. The lowest BCUT2D eigenvalue weighted by atomic mass is 10.1. The van der Waals surface area contributed by atoms with E-state index >= 15 is 0 Å². The van der Waals surface area contributed by atoms with Crippen LogP contribution in [0.5, 0.6) is 0 Å². The predicted molar refractivity (Wildman–Crippen MR) is 115 cm³/mol. The number of carbonyl (C=O) groups excluding carboxylic acids is 1. The van der Waals surface area contributed by atoms with E-state index in [1.54, 1.807) is 11.3 Å². The molecule has 0 spiro atoms. The zero-order valence-corrected chi connectivity index (χ0v) is 17.7. The molecule has 1 aromatic carbocycles. The molecule has 0 aliphatic rings. The van der Waals surface area contributed by atoms with E-state index in [1.165, 1.54) is 33.5 Å². The molecule has 1 atom stereocenters. The lowest BCUT2D eigenvalue weighted by molar-refractivity contribution is -0.120. The zero-order chi connectivity index (χ0) is 19.1. The molecule has 0 saturated carbocycles. The molecule has 2 N–H and O–H groups in total. The minimum absolute atomic E-state index is 0.00276. The number of benzene rings is 1. The SMILES string of the molecule is Cc1ccc(CNC(=O)C(C)Sc2nnc(NCCc3cccs3)s2)cc1. The number of aromatic nitrogens is 2. The highest BCUT2D eigenvalue weighted by Crippen LogP contribution is 2.29. The summed E-state index contributed by atoms with van der Waals surface area (Å²) in [5.41, 5.74) is 2.31. The van der Waals surface area contributed by atoms with E-state index in [2.05, 4.69) is 45.3 Å². The average molecular weight is 419 g/mol. The molecule has 2 heterocycles. The first kappa shape index (κ1) is 19.9. The molecule has 2 aromatic heterocycles. The Bertz CT molecular complexity index is 846. The molecule has 3 aromatic rings. The van der Waals surface area contributed by atoms with Crippen LogP contribution in [0.2, 0.25) is 0 Å². The van der Waals surface area contributed by atoms with Crippen LogP contribution in [-0.2, 0) is 17.8 Å². The minimum Gasteiger partial charge on any atom is -0.360 e. The summed E-state index contributed by atoms with van der Waals surface area (Å²) in [6.45, 7) is 5.30. The Hall–Kier alpha value is -1.90. The third-order valence-electron chi connectivity index (χ3n) is 3.87. The number of nitrogens with one attached hydrogen (secondary N) is 2. The second-order valence-corrected chi connectivity index (χ2v) is 9.69. The summed E-state index contributed by atoms with van der Waals surface area (Å²) >= 11 is 4.68. The van der Waals surface area contributed by atoms with Crippen LogP contribution in [-0.4, -0.2) is 27.9 Å². The molecule has 27 heavy (non-hydrogen) atoms. The van der Waals surface area contributed by atoms with Crippen LogP contribution >= 0.6 is 34.4 Å². The van der Waals surface area contributed by atoms with Crippen LogP contribution in [0.25, 0.3) is 0 Å². The molecule has 0 fully saturated rings. The van der Waals surface area contributed by atoms with Crippen LogP contribution in [0, 0.1) is 6.92 Å². The van der Waals surface area contributed by atoms with Gasteiger partial charge in [0.05, 0.1) is 5.25 Å². The summed E-state index contributed by atoms with van der Waals surface area (Å²) in [6.07, 6.45) is 0.970. The van der Waals surface area contributed by atoms with E-state index in [0.717, 1.165) is 28.0 Å². The molecule has 0 bridgehead atoms. The third kappa shape index (κ3) is 6.34. The zero-order valence-electron chi connectivity index (χ0n) is 15.3. The highest BCUT2D eigenvalue weighted by atomic mass is 32.2. The number of aryl methyl sites for hydroxylation is 1. The highest BCUT2D eigenvalue weighted by molar-refractivity contribution is 8.02. The number of hydrogen-bond donors (Lipinski definition) is 2. The van der Waals surface area contributed by atoms with Gasteiger partial charge in [-0.2, -0.15) is 0 Å². The van der Waals surface area contributed by atoms with Crippen molar-refractivity contribution in [2.24, 2.45) is 0 Å². The molecule has 8 heteroatoms. The largest absolute Gasteiger partial charge is 0.360 e. The van der Waals surface area contributed by atoms with Gasteiger partial charge in [-0.1, -0.05) is 59.0 Å². The van der Waals surface area contributed by atoms with Crippen molar-refractivity contribution in [2.75, 3.05) is 11.9 Å². The van der Waals surface area contributed by atoms with Crippen molar-refractivity contribution in [2.45, 2.75) is 36.4 Å². The average Bonchev–Trinajstić information content (AvgIpc) is 3.33. The Balaban J connectivity index is 1.41. The maximum absolute atomic E-state index is 12.3. The van der Waals surface area contributed by atoms with Gasteiger partial charge in [-0.05, 0) is 37.3 Å². The number of thioether (sulfide) groups is 1. The van der Waals surface area contributed by atoms with Gasteiger partial charge in [0.1, 0.15) is 0 Å². The van der Waals surface area contributed by atoms with Crippen LogP contribution in [0.3, 0.4) is 0 Å². The summed E-state index contributed by atoms with van der Waals surface area (Å²) in [4.78, 5) is 13.7. The number of amides is 1.